The average molecular weight is 310 g/mol. The second-order valence-corrected chi connectivity index (χ2v) is 5.26. The van der Waals surface area contributed by atoms with E-state index in [1.54, 1.807) is 6.26 Å². The summed E-state index contributed by atoms with van der Waals surface area (Å²) >= 11 is 12.4. The van der Waals surface area contributed by atoms with Gasteiger partial charge in [0.25, 0.3) is 0 Å². The van der Waals surface area contributed by atoms with Crippen molar-refractivity contribution in [2.45, 2.75) is 12.6 Å². The minimum atomic E-state index is -0.0738. The lowest BCUT2D eigenvalue weighted by atomic mass is 10.1. The third kappa shape index (κ3) is 2.76. The molecule has 0 bridgehead atoms. The highest BCUT2D eigenvalue weighted by molar-refractivity contribution is 6.36. The summed E-state index contributed by atoms with van der Waals surface area (Å²) in [6, 6.07) is 9.17. The van der Waals surface area contributed by atoms with E-state index in [1.807, 2.05) is 30.3 Å². The van der Waals surface area contributed by atoms with Crippen LogP contribution in [0.4, 0.5) is 0 Å². The van der Waals surface area contributed by atoms with Gasteiger partial charge in [-0.25, -0.2) is 4.99 Å². The first-order valence-electron chi connectivity index (χ1n) is 6.26. The zero-order valence-corrected chi connectivity index (χ0v) is 12.1. The van der Waals surface area contributed by atoms with Crippen molar-refractivity contribution < 1.29 is 4.42 Å². The first-order chi connectivity index (χ1) is 9.74. The molecular formula is C14H13Cl2N3O. The molecule has 2 N–H and O–H groups in total. The lowest BCUT2D eigenvalue weighted by Crippen LogP contribution is -2.33. The summed E-state index contributed by atoms with van der Waals surface area (Å²) in [5.74, 6) is 1.58. The summed E-state index contributed by atoms with van der Waals surface area (Å²) < 4.78 is 5.26. The Morgan fingerprint density at radius 1 is 1.25 bits per heavy atom. The Balaban J connectivity index is 1.71. The van der Waals surface area contributed by atoms with Crippen LogP contribution in [0.3, 0.4) is 0 Å². The van der Waals surface area contributed by atoms with Gasteiger partial charge in [0.2, 0.25) is 0 Å². The third-order valence-electron chi connectivity index (χ3n) is 3.09. The monoisotopic (exact) mass is 309 g/mol. The second-order valence-electron chi connectivity index (χ2n) is 4.44. The van der Waals surface area contributed by atoms with Crippen LogP contribution < -0.4 is 10.6 Å². The van der Waals surface area contributed by atoms with Crippen LogP contribution in [0.5, 0.6) is 0 Å². The van der Waals surface area contributed by atoms with Gasteiger partial charge in [0, 0.05) is 22.2 Å². The van der Waals surface area contributed by atoms with E-state index in [9.17, 15) is 0 Å². The normalized spacial score (nSPS) is 17.7. The van der Waals surface area contributed by atoms with Gasteiger partial charge in [-0.1, -0.05) is 29.3 Å². The molecule has 0 aliphatic carbocycles. The molecule has 3 rings (SSSR count). The van der Waals surface area contributed by atoms with E-state index in [-0.39, 0.29) is 6.04 Å². The maximum atomic E-state index is 6.20. The number of halogens is 2. The Hall–Kier alpha value is -1.65. The minimum Gasteiger partial charge on any atom is -0.467 e. The third-order valence-corrected chi connectivity index (χ3v) is 3.75. The molecule has 2 heterocycles. The highest BCUT2D eigenvalue weighted by Gasteiger charge is 2.23. The molecule has 4 nitrogen and oxygen atoms in total. The van der Waals surface area contributed by atoms with Crippen molar-refractivity contribution in [2.24, 2.45) is 4.99 Å². The molecule has 20 heavy (non-hydrogen) atoms. The van der Waals surface area contributed by atoms with Crippen LogP contribution in [0, 0.1) is 0 Å². The van der Waals surface area contributed by atoms with E-state index >= 15 is 0 Å². The van der Waals surface area contributed by atoms with Gasteiger partial charge in [-0.3, -0.25) is 0 Å². The van der Waals surface area contributed by atoms with E-state index in [0.717, 1.165) is 17.3 Å². The van der Waals surface area contributed by atoms with Crippen LogP contribution in [0.25, 0.3) is 0 Å². The molecule has 6 heteroatoms. The maximum absolute atomic E-state index is 6.20. The van der Waals surface area contributed by atoms with Crippen molar-refractivity contribution >= 4 is 29.2 Å². The topological polar surface area (TPSA) is 49.6 Å². The number of hydrogen-bond acceptors (Lipinski definition) is 4. The zero-order valence-electron chi connectivity index (χ0n) is 10.6. The molecule has 104 valence electrons. The van der Waals surface area contributed by atoms with Crippen LogP contribution in [-0.2, 0) is 6.54 Å². The van der Waals surface area contributed by atoms with Gasteiger partial charge in [-0.05, 0) is 24.3 Å². The Morgan fingerprint density at radius 2 is 2.05 bits per heavy atom. The number of hydrogen-bond donors (Lipinski definition) is 2. The predicted molar refractivity (Wildman–Crippen MR) is 80.2 cm³/mol. The smallest absolute Gasteiger partial charge is 0.192 e. The van der Waals surface area contributed by atoms with Crippen molar-refractivity contribution in [3.05, 3.63) is 58.0 Å². The van der Waals surface area contributed by atoms with Gasteiger partial charge >= 0.3 is 0 Å². The molecule has 1 aromatic heterocycles. The van der Waals surface area contributed by atoms with E-state index in [1.165, 1.54) is 0 Å². The fourth-order valence-corrected chi connectivity index (χ4v) is 2.78. The van der Waals surface area contributed by atoms with Crippen molar-refractivity contribution in [3.8, 4) is 0 Å². The number of nitrogens with zero attached hydrogens (tertiary/aromatic N) is 1. The van der Waals surface area contributed by atoms with Crippen molar-refractivity contribution in [1.29, 1.82) is 0 Å². The summed E-state index contributed by atoms with van der Waals surface area (Å²) in [6.45, 7) is 1.26. The summed E-state index contributed by atoms with van der Waals surface area (Å²) in [4.78, 5) is 4.56. The number of nitrogens with one attached hydrogen (secondary N) is 2. The summed E-state index contributed by atoms with van der Waals surface area (Å²) in [6.07, 6.45) is 1.65. The predicted octanol–water partition coefficient (Wildman–Crippen LogP) is 3.38. The highest BCUT2D eigenvalue weighted by Crippen LogP contribution is 2.33. The number of rotatable bonds is 3. The standard InChI is InChI=1S/C14H13Cl2N3O/c15-10-4-1-5-11(16)13(10)12-8-18-14(19-12)17-7-9-3-2-6-20-9/h1-6,12H,7-8H2,(H2,17,18,19). The van der Waals surface area contributed by atoms with E-state index in [0.29, 0.717) is 23.1 Å². The first kappa shape index (κ1) is 13.3. The van der Waals surface area contributed by atoms with Crippen molar-refractivity contribution in [2.75, 3.05) is 6.54 Å². The van der Waals surface area contributed by atoms with Gasteiger partial charge in [-0.15, -0.1) is 0 Å². The van der Waals surface area contributed by atoms with Crippen LogP contribution >= 0.6 is 23.2 Å². The molecule has 1 atom stereocenters. The number of benzene rings is 1. The summed E-state index contributed by atoms with van der Waals surface area (Å²) in [5.41, 5.74) is 0.859. The van der Waals surface area contributed by atoms with Gasteiger partial charge in [0.15, 0.2) is 5.96 Å². The molecule has 0 radical (unpaired) electrons. The van der Waals surface area contributed by atoms with E-state index < -0.39 is 0 Å². The maximum Gasteiger partial charge on any atom is 0.192 e. The lowest BCUT2D eigenvalue weighted by molar-refractivity contribution is 0.502. The highest BCUT2D eigenvalue weighted by atomic mass is 35.5. The lowest BCUT2D eigenvalue weighted by Gasteiger charge is -2.10. The van der Waals surface area contributed by atoms with Crippen molar-refractivity contribution in [3.63, 3.8) is 0 Å². The Morgan fingerprint density at radius 3 is 2.75 bits per heavy atom. The molecule has 1 aliphatic heterocycles. The van der Waals surface area contributed by atoms with Crippen LogP contribution in [0.15, 0.2) is 46.0 Å². The molecule has 0 spiro atoms. The summed E-state index contributed by atoms with van der Waals surface area (Å²) in [7, 11) is 0. The summed E-state index contributed by atoms with van der Waals surface area (Å²) in [5, 5.41) is 7.66. The fourth-order valence-electron chi connectivity index (χ4n) is 2.13. The largest absolute Gasteiger partial charge is 0.467 e. The van der Waals surface area contributed by atoms with Gasteiger partial charge in [0.05, 0.1) is 18.8 Å². The molecule has 1 aliphatic rings. The molecule has 0 fully saturated rings. The van der Waals surface area contributed by atoms with Crippen molar-refractivity contribution in [1.82, 2.24) is 10.6 Å². The molecule has 0 saturated carbocycles. The Labute approximate surface area is 126 Å². The fraction of sp³-hybridized carbons (Fsp3) is 0.214. The Kier molecular flexibility index (Phi) is 3.85. The molecule has 1 aromatic carbocycles. The van der Waals surface area contributed by atoms with Gasteiger partial charge in [-0.2, -0.15) is 0 Å². The molecular weight excluding hydrogens is 297 g/mol. The van der Waals surface area contributed by atoms with Gasteiger partial charge in [0.1, 0.15) is 5.76 Å². The second kappa shape index (κ2) is 5.77. The first-order valence-corrected chi connectivity index (χ1v) is 7.01. The zero-order chi connectivity index (χ0) is 13.9. The Bertz CT molecular complexity index is 605. The SMILES string of the molecule is Clc1cccc(Cl)c1C1CNC(NCc2ccco2)=N1. The number of aliphatic imine (C=N–C) groups is 1. The molecule has 0 saturated heterocycles. The van der Waals surface area contributed by atoms with Gasteiger partial charge < -0.3 is 15.1 Å². The number of furan rings is 1. The van der Waals surface area contributed by atoms with Crippen LogP contribution in [0.1, 0.15) is 17.4 Å². The quantitative estimate of drug-likeness (QED) is 0.914. The van der Waals surface area contributed by atoms with Crippen LogP contribution in [-0.4, -0.2) is 12.5 Å². The molecule has 0 amide bonds. The van der Waals surface area contributed by atoms with E-state index in [4.69, 9.17) is 27.6 Å². The molecule has 2 aromatic rings. The molecule has 1 unspecified atom stereocenters. The van der Waals surface area contributed by atoms with E-state index in [2.05, 4.69) is 15.6 Å². The average Bonchev–Trinajstić information content (AvgIpc) is 3.07. The minimum absolute atomic E-state index is 0.0738. The number of guanidine groups is 1. The van der Waals surface area contributed by atoms with Crippen LogP contribution in [0.2, 0.25) is 10.0 Å².